The number of piperidine rings is 1. The number of carbonyl (C=O) groups excluding carboxylic acids is 1. The fraction of sp³-hybridized carbons (Fsp3) is 0.588. The highest BCUT2D eigenvalue weighted by Gasteiger charge is 2.25. The molecule has 1 aliphatic heterocycles. The number of hydrogen-bond acceptors (Lipinski definition) is 2. The van der Waals surface area contributed by atoms with Gasteiger partial charge in [-0.15, -0.1) is 0 Å². The Morgan fingerprint density at radius 1 is 1.29 bits per heavy atom. The summed E-state index contributed by atoms with van der Waals surface area (Å²) in [6.07, 6.45) is 1.73. The summed E-state index contributed by atoms with van der Waals surface area (Å²) in [5.41, 5.74) is 0.717. The molecule has 1 amide bonds. The van der Waals surface area contributed by atoms with Crippen LogP contribution in [0.25, 0.3) is 0 Å². The molecule has 2 rings (SSSR count). The fourth-order valence-corrected chi connectivity index (χ4v) is 2.66. The first-order chi connectivity index (χ1) is 9.77. The topological polar surface area (TPSA) is 29.5 Å². The van der Waals surface area contributed by atoms with Crippen molar-refractivity contribution in [3.63, 3.8) is 0 Å². The molecule has 3 nitrogen and oxygen atoms in total. The molecule has 21 heavy (non-hydrogen) atoms. The predicted molar refractivity (Wildman–Crippen MR) is 81.0 cm³/mol. The highest BCUT2D eigenvalue weighted by atomic mass is 19.1. The Morgan fingerprint density at radius 2 is 1.90 bits per heavy atom. The Bertz CT molecular complexity index is 514. The van der Waals surface area contributed by atoms with Crippen LogP contribution in [-0.2, 0) is 10.2 Å². The van der Waals surface area contributed by atoms with Crippen molar-refractivity contribution in [2.24, 2.45) is 0 Å². The molecule has 0 saturated carbocycles. The largest absolute Gasteiger partial charge is 0.490 e. The van der Waals surface area contributed by atoms with Crippen molar-refractivity contribution in [1.29, 1.82) is 0 Å². The van der Waals surface area contributed by atoms with Crippen LogP contribution in [0.4, 0.5) is 4.39 Å². The standard InChI is InChI=1S/C17H24FNO2/c1-12(20)19-9-7-14(8-10-19)21-16-6-5-13(18)11-15(16)17(2,3)4/h5-6,11,14H,7-10H2,1-4H3. The van der Waals surface area contributed by atoms with Gasteiger partial charge in [0.15, 0.2) is 0 Å². The van der Waals surface area contributed by atoms with E-state index in [1.165, 1.54) is 6.07 Å². The van der Waals surface area contributed by atoms with Gasteiger partial charge in [0.05, 0.1) is 0 Å². The molecule has 0 aromatic heterocycles. The Kier molecular flexibility index (Phi) is 4.55. The van der Waals surface area contributed by atoms with Gasteiger partial charge in [-0.25, -0.2) is 4.39 Å². The number of ether oxygens (including phenoxy) is 1. The molecule has 1 saturated heterocycles. The summed E-state index contributed by atoms with van der Waals surface area (Å²) in [5.74, 6) is 0.634. The fourth-order valence-electron chi connectivity index (χ4n) is 2.66. The van der Waals surface area contributed by atoms with Gasteiger partial charge in [-0.2, -0.15) is 0 Å². The minimum absolute atomic E-state index is 0.0900. The molecule has 0 N–H and O–H groups in total. The molecule has 1 aromatic rings. The molecule has 0 atom stereocenters. The molecular formula is C17H24FNO2. The van der Waals surface area contributed by atoms with Crippen molar-refractivity contribution in [3.05, 3.63) is 29.6 Å². The molecule has 0 radical (unpaired) electrons. The number of hydrogen-bond donors (Lipinski definition) is 0. The number of halogens is 1. The molecule has 0 aliphatic carbocycles. The summed E-state index contributed by atoms with van der Waals surface area (Å²) in [4.78, 5) is 13.2. The second-order valence-corrected chi connectivity index (χ2v) is 6.71. The zero-order valence-corrected chi connectivity index (χ0v) is 13.3. The van der Waals surface area contributed by atoms with E-state index in [9.17, 15) is 9.18 Å². The van der Waals surface area contributed by atoms with Crippen LogP contribution in [0, 0.1) is 5.82 Å². The van der Waals surface area contributed by atoms with Gasteiger partial charge in [-0.3, -0.25) is 4.79 Å². The third-order valence-electron chi connectivity index (χ3n) is 3.93. The van der Waals surface area contributed by atoms with E-state index in [0.29, 0.717) is 0 Å². The maximum atomic E-state index is 13.5. The van der Waals surface area contributed by atoms with Crippen molar-refractivity contribution in [3.8, 4) is 5.75 Å². The SMILES string of the molecule is CC(=O)N1CCC(Oc2ccc(F)cc2C(C)(C)C)CC1. The maximum absolute atomic E-state index is 13.5. The van der Waals surface area contributed by atoms with Crippen LogP contribution < -0.4 is 4.74 Å². The molecule has 0 unspecified atom stereocenters. The first-order valence-corrected chi connectivity index (χ1v) is 7.49. The van der Waals surface area contributed by atoms with Crippen LogP contribution in [-0.4, -0.2) is 30.0 Å². The normalized spacial score (nSPS) is 16.9. The van der Waals surface area contributed by atoms with E-state index in [1.54, 1.807) is 19.1 Å². The zero-order valence-electron chi connectivity index (χ0n) is 13.3. The minimum atomic E-state index is -0.237. The lowest BCUT2D eigenvalue weighted by molar-refractivity contribution is -0.130. The van der Waals surface area contributed by atoms with Crippen LogP contribution >= 0.6 is 0 Å². The van der Waals surface area contributed by atoms with Crippen LogP contribution in [0.15, 0.2) is 18.2 Å². The third-order valence-corrected chi connectivity index (χ3v) is 3.93. The van der Waals surface area contributed by atoms with Gasteiger partial charge in [0.1, 0.15) is 17.7 Å². The maximum Gasteiger partial charge on any atom is 0.219 e. The van der Waals surface area contributed by atoms with Crippen molar-refractivity contribution < 1.29 is 13.9 Å². The lowest BCUT2D eigenvalue weighted by Gasteiger charge is -2.33. The van der Waals surface area contributed by atoms with E-state index in [1.807, 2.05) is 25.7 Å². The van der Waals surface area contributed by atoms with Gasteiger partial charge in [-0.1, -0.05) is 20.8 Å². The summed E-state index contributed by atoms with van der Waals surface area (Å²) in [7, 11) is 0. The average molecular weight is 293 g/mol. The summed E-state index contributed by atoms with van der Waals surface area (Å²) < 4.78 is 19.6. The van der Waals surface area contributed by atoms with E-state index >= 15 is 0 Å². The average Bonchev–Trinajstić information content (AvgIpc) is 2.40. The first kappa shape index (κ1) is 15.8. The lowest BCUT2D eigenvalue weighted by Crippen LogP contribution is -2.40. The highest BCUT2D eigenvalue weighted by molar-refractivity contribution is 5.73. The Labute approximate surface area is 126 Å². The smallest absolute Gasteiger partial charge is 0.219 e. The number of rotatable bonds is 2. The highest BCUT2D eigenvalue weighted by Crippen LogP contribution is 2.33. The summed E-state index contributed by atoms with van der Waals surface area (Å²) in [6, 6.07) is 4.71. The summed E-state index contributed by atoms with van der Waals surface area (Å²) in [5, 5.41) is 0. The molecule has 0 bridgehead atoms. The van der Waals surface area contributed by atoms with E-state index in [4.69, 9.17) is 4.74 Å². The number of nitrogens with zero attached hydrogens (tertiary/aromatic N) is 1. The van der Waals surface area contributed by atoms with Gasteiger partial charge < -0.3 is 9.64 Å². The van der Waals surface area contributed by atoms with Gasteiger partial charge in [0.2, 0.25) is 5.91 Å². The van der Waals surface area contributed by atoms with Gasteiger partial charge in [-0.05, 0) is 23.6 Å². The number of benzene rings is 1. The lowest BCUT2D eigenvalue weighted by atomic mass is 9.86. The molecule has 1 fully saturated rings. The molecule has 0 spiro atoms. The minimum Gasteiger partial charge on any atom is -0.490 e. The van der Waals surface area contributed by atoms with Gasteiger partial charge >= 0.3 is 0 Å². The molecule has 1 heterocycles. The van der Waals surface area contributed by atoms with E-state index in [2.05, 4.69) is 0 Å². The molecule has 1 aromatic carbocycles. The Morgan fingerprint density at radius 3 is 2.43 bits per heavy atom. The molecule has 4 heteroatoms. The molecule has 116 valence electrons. The summed E-state index contributed by atoms with van der Waals surface area (Å²) >= 11 is 0. The van der Waals surface area contributed by atoms with E-state index in [0.717, 1.165) is 37.2 Å². The van der Waals surface area contributed by atoms with Crippen molar-refractivity contribution >= 4 is 5.91 Å². The van der Waals surface area contributed by atoms with Crippen LogP contribution in [0.1, 0.15) is 46.1 Å². The first-order valence-electron chi connectivity index (χ1n) is 7.49. The second kappa shape index (κ2) is 6.04. The second-order valence-electron chi connectivity index (χ2n) is 6.71. The Balaban J connectivity index is 2.09. The van der Waals surface area contributed by atoms with Crippen molar-refractivity contribution in [2.75, 3.05) is 13.1 Å². The number of likely N-dealkylation sites (tertiary alicyclic amines) is 1. The monoisotopic (exact) mass is 293 g/mol. The van der Waals surface area contributed by atoms with Crippen LogP contribution in [0.5, 0.6) is 5.75 Å². The van der Waals surface area contributed by atoms with Crippen molar-refractivity contribution in [2.45, 2.75) is 52.1 Å². The predicted octanol–water partition coefficient (Wildman–Crippen LogP) is 3.51. The van der Waals surface area contributed by atoms with Crippen LogP contribution in [0.3, 0.4) is 0 Å². The summed E-state index contributed by atoms with van der Waals surface area (Å²) in [6.45, 7) is 9.20. The van der Waals surface area contributed by atoms with E-state index in [-0.39, 0.29) is 23.2 Å². The molecular weight excluding hydrogens is 269 g/mol. The zero-order chi connectivity index (χ0) is 15.6. The number of amides is 1. The van der Waals surface area contributed by atoms with Crippen LogP contribution in [0.2, 0.25) is 0 Å². The number of carbonyl (C=O) groups is 1. The van der Waals surface area contributed by atoms with E-state index < -0.39 is 0 Å². The third kappa shape index (κ3) is 3.96. The quantitative estimate of drug-likeness (QED) is 0.835. The molecule has 1 aliphatic rings. The van der Waals surface area contributed by atoms with Crippen molar-refractivity contribution in [1.82, 2.24) is 4.90 Å². The Hall–Kier alpha value is -1.58. The van der Waals surface area contributed by atoms with Gasteiger partial charge in [0.25, 0.3) is 0 Å². The van der Waals surface area contributed by atoms with Gasteiger partial charge in [0, 0.05) is 38.4 Å².